The Balaban J connectivity index is 1.55. The summed E-state index contributed by atoms with van der Waals surface area (Å²) < 4.78 is 66.8. The van der Waals surface area contributed by atoms with Gasteiger partial charge in [0, 0.05) is 55.8 Å². The Hall–Kier alpha value is -3.63. The number of alkyl halides is 3. The normalized spacial score (nSPS) is 14.5. The molecule has 0 N–H and O–H groups in total. The van der Waals surface area contributed by atoms with Gasteiger partial charge in [-0.15, -0.1) is 0 Å². The lowest BCUT2D eigenvalue weighted by Crippen LogP contribution is -2.49. The van der Waals surface area contributed by atoms with E-state index < -0.39 is 29.4 Å². The van der Waals surface area contributed by atoms with Crippen molar-refractivity contribution in [3.05, 3.63) is 71.7 Å². The quantitative estimate of drug-likeness (QED) is 0.570. The van der Waals surface area contributed by atoms with Gasteiger partial charge in [0.15, 0.2) is 23.2 Å². The largest absolute Gasteiger partial charge is 0.433 e. The highest BCUT2D eigenvalue weighted by molar-refractivity contribution is 5.94. The van der Waals surface area contributed by atoms with Gasteiger partial charge in [0.1, 0.15) is 5.82 Å². The van der Waals surface area contributed by atoms with Crippen LogP contribution in [-0.4, -0.2) is 51.9 Å². The first-order valence-electron chi connectivity index (χ1n) is 9.58. The van der Waals surface area contributed by atoms with Crippen LogP contribution in [0.25, 0.3) is 11.4 Å². The average molecular weight is 449 g/mol. The number of piperazine rings is 1. The molecule has 6 nitrogen and oxygen atoms in total. The molecule has 3 aromatic rings. The van der Waals surface area contributed by atoms with Crippen LogP contribution < -0.4 is 4.90 Å². The Morgan fingerprint density at radius 2 is 1.56 bits per heavy atom. The monoisotopic (exact) mass is 449 g/mol. The molecule has 0 unspecified atom stereocenters. The van der Waals surface area contributed by atoms with Crippen LogP contribution in [-0.2, 0) is 6.18 Å². The first kappa shape index (κ1) is 21.6. The lowest BCUT2D eigenvalue weighted by atomic mass is 10.1. The first-order chi connectivity index (χ1) is 15.2. The van der Waals surface area contributed by atoms with Crippen LogP contribution in [0.3, 0.4) is 0 Å². The van der Waals surface area contributed by atoms with Crippen molar-refractivity contribution < 1.29 is 26.7 Å². The molecule has 11 heteroatoms. The van der Waals surface area contributed by atoms with Crippen molar-refractivity contribution in [1.82, 2.24) is 19.9 Å². The minimum atomic E-state index is -4.66. The molecule has 2 aromatic heterocycles. The van der Waals surface area contributed by atoms with E-state index in [0.717, 1.165) is 18.2 Å². The van der Waals surface area contributed by atoms with Gasteiger partial charge < -0.3 is 9.80 Å². The van der Waals surface area contributed by atoms with Gasteiger partial charge in [-0.25, -0.2) is 18.7 Å². The number of carbonyl (C=O) groups excluding carboxylic acids is 1. The lowest BCUT2D eigenvalue weighted by Gasteiger charge is -2.35. The van der Waals surface area contributed by atoms with Crippen molar-refractivity contribution in [2.45, 2.75) is 6.18 Å². The van der Waals surface area contributed by atoms with Gasteiger partial charge in [-0.3, -0.25) is 9.78 Å². The predicted octanol–water partition coefficient (Wildman–Crippen LogP) is 3.80. The molecule has 1 saturated heterocycles. The van der Waals surface area contributed by atoms with Crippen LogP contribution in [0.15, 0.2) is 48.8 Å². The van der Waals surface area contributed by atoms with E-state index in [2.05, 4.69) is 15.0 Å². The smallest absolute Gasteiger partial charge is 0.353 e. The van der Waals surface area contributed by atoms with Crippen LogP contribution in [0.2, 0.25) is 0 Å². The van der Waals surface area contributed by atoms with Gasteiger partial charge >= 0.3 is 6.18 Å². The minimum absolute atomic E-state index is 0.00119. The summed E-state index contributed by atoms with van der Waals surface area (Å²) in [5, 5.41) is 0. The van der Waals surface area contributed by atoms with Crippen LogP contribution in [0, 0.1) is 11.6 Å². The molecule has 1 amide bonds. The molecule has 3 heterocycles. The molecule has 1 fully saturated rings. The molecule has 1 aromatic carbocycles. The number of hydrogen-bond acceptors (Lipinski definition) is 5. The van der Waals surface area contributed by atoms with Gasteiger partial charge in [0.2, 0.25) is 0 Å². The minimum Gasteiger partial charge on any atom is -0.353 e. The molecular formula is C21H16F5N5O. The molecule has 0 spiro atoms. The molecule has 4 rings (SSSR count). The SMILES string of the molecule is O=C(c1ccc(F)c(F)c1)N1CCN(c2cc(C(F)(F)F)nc(-c3ccncc3)n2)CC1. The molecule has 0 saturated carbocycles. The second kappa shape index (κ2) is 8.48. The molecule has 166 valence electrons. The number of rotatable bonds is 3. The van der Waals surface area contributed by atoms with Crippen LogP contribution in [0.5, 0.6) is 0 Å². The number of carbonyl (C=O) groups is 1. The Morgan fingerprint density at radius 3 is 2.19 bits per heavy atom. The van der Waals surface area contributed by atoms with E-state index in [0.29, 0.717) is 5.56 Å². The number of anilines is 1. The van der Waals surface area contributed by atoms with Gasteiger partial charge in [-0.05, 0) is 30.3 Å². The maximum atomic E-state index is 13.4. The first-order valence-corrected chi connectivity index (χ1v) is 9.58. The fraction of sp³-hybridized carbons (Fsp3) is 0.238. The van der Waals surface area contributed by atoms with Gasteiger partial charge in [0.05, 0.1) is 0 Å². The maximum absolute atomic E-state index is 13.4. The third-order valence-corrected chi connectivity index (χ3v) is 5.00. The van der Waals surface area contributed by atoms with Crippen LogP contribution in [0.1, 0.15) is 16.1 Å². The fourth-order valence-electron chi connectivity index (χ4n) is 3.32. The van der Waals surface area contributed by atoms with Crippen molar-refractivity contribution in [1.29, 1.82) is 0 Å². The summed E-state index contributed by atoms with van der Waals surface area (Å²) in [5.41, 5.74) is -0.687. The zero-order chi connectivity index (χ0) is 22.9. The standard InChI is InChI=1S/C21H16F5N5O/c22-15-2-1-14(11-16(15)23)20(32)31-9-7-30(8-10-31)18-12-17(21(24,25)26)28-19(29-18)13-3-5-27-6-4-13/h1-6,11-12H,7-10H2. The molecule has 0 radical (unpaired) electrons. The lowest BCUT2D eigenvalue weighted by molar-refractivity contribution is -0.141. The summed E-state index contributed by atoms with van der Waals surface area (Å²) in [6.07, 6.45) is -1.80. The number of amides is 1. The third kappa shape index (κ3) is 4.51. The summed E-state index contributed by atoms with van der Waals surface area (Å²) in [6.45, 7) is 0.764. The zero-order valence-corrected chi connectivity index (χ0v) is 16.5. The van der Waals surface area contributed by atoms with Crippen molar-refractivity contribution in [3.63, 3.8) is 0 Å². The van der Waals surface area contributed by atoms with Gasteiger partial charge in [0.25, 0.3) is 5.91 Å². The number of pyridine rings is 1. The van der Waals surface area contributed by atoms with Crippen molar-refractivity contribution in [2.24, 2.45) is 0 Å². The predicted molar refractivity (Wildman–Crippen MR) is 105 cm³/mol. The summed E-state index contributed by atoms with van der Waals surface area (Å²) >= 11 is 0. The van der Waals surface area contributed by atoms with Gasteiger partial charge in [-0.2, -0.15) is 13.2 Å². The van der Waals surface area contributed by atoms with E-state index >= 15 is 0 Å². The molecule has 0 aliphatic carbocycles. The highest BCUT2D eigenvalue weighted by atomic mass is 19.4. The molecule has 1 aliphatic heterocycles. The average Bonchev–Trinajstić information content (AvgIpc) is 2.80. The topological polar surface area (TPSA) is 62.2 Å². The molecular weight excluding hydrogens is 433 g/mol. The Labute approximate surface area is 179 Å². The van der Waals surface area contributed by atoms with Crippen LogP contribution >= 0.6 is 0 Å². The molecule has 0 atom stereocenters. The maximum Gasteiger partial charge on any atom is 0.433 e. The van der Waals surface area contributed by atoms with Crippen LogP contribution in [0.4, 0.5) is 27.8 Å². The number of halogens is 5. The van der Waals surface area contributed by atoms with E-state index in [-0.39, 0.29) is 43.4 Å². The van der Waals surface area contributed by atoms with Gasteiger partial charge in [-0.1, -0.05) is 0 Å². The summed E-state index contributed by atoms with van der Waals surface area (Å²) in [6, 6.07) is 6.78. The number of benzene rings is 1. The highest BCUT2D eigenvalue weighted by Crippen LogP contribution is 2.32. The number of aromatic nitrogens is 3. The summed E-state index contributed by atoms with van der Waals surface area (Å²) in [4.78, 5) is 27.4. The van der Waals surface area contributed by atoms with E-state index in [9.17, 15) is 26.7 Å². The van der Waals surface area contributed by atoms with Crippen molar-refractivity contribution in [2.75, 3.05) is 31.1 Å². The molecule has 1 aliphatic rings. The Morgan fingerprint density at radius 1 is 0.875 bits per heavy atom. The van der Waals surface area contributed by atoms with Crippen molar-refractivity contribution >= 4 is 11.7 Å². The van der Waals surface area contributed by atoms with Crippen molar-refractivity contribution in [3.8, 4) is 11.4 Å². The second-order valence-corrected chi connectivity index (χ2v) is 7.08. The number of nitrogens with zero attached hydrogens (tertiary/aromatic N) is 5. The summed E-state index contributed by atoms with van der Waals surface area (Å²) in [7, 11) is 0. The fourth-order valence-corrected chi connectivity index (χ4v) is 3.32. The van der Waals surface area contributed by atoms with E-state index in [1.807, 2.05) is 0 Å². The highest BCUT2D eigenvalue weighted by Gasteiger charge is 2.35. The summed E-state index contributed by atoms with van der Waals surface area (Å²) in [5.74, 6) is -2.67. The Kier molecular flexibility index (Phi) is 5.72. The van der Waals surface area contributed by atoms with E-state index in [4.69, 9.17) is 0 Å². The second-order valence-electron chi connectivity index (χ2n) is 7.08. The zero-order valence-electron chi connectivity index (χ0n) is 16.5. The Bertz CT molecular complexity index is 1130. The molecule has 32 heavy (non-hydrogen) atoms. The third-order valence-electron chi connectivity index (χ3n) is 5.00. The van der Waals surface area contributed by atoms with E-state index in [1.165, 1.54) is 35.5 Å². The molecule has 0 bridgehead atoms. The van der Waals surface area contributed by atoms with E-state index in [1.54, 1.807) is 4.90 Å². The number of hydrogen-bond donors (Lipinski definition) is 0.